The van der Waals surface area contributed by atoms with Gasteiger partial charge in [-0.2, -0.15) is 25.3 Å². The molecule has 8 aliphatic carbocycles. The van der Waals surface area contributed by atoms with E-state index in [1.165, 1.54) is 132 Å². The third-order valence-corrected chi connectivity index (χ3v) is 18.2. The molecule has 0 aliphatic heterocycles. The molecule has 0 amide bonds. The molecule has 0 nitrogen and oxygen atoms in total. The van der Waals surface area contributed by atoms with E-state index in [4.69, 9.17) is 17.0 Å². The molecule has 0 N–H and O–H groups in total. The second kappa shape index (κ2) is 21.7. The van der Waals surface area contributed by atoms with E-state index in [1.807, 2.05) is 0 Å². The Morgan fingerprint density at radius 2 is 0.859 bits per heavy atom. The summed E-state index contributed by atoms with van der Waals surface area (Å²) in [4.78, 5) is 0. The van der Waals surface area contributed by atoms with Crippen LogP contribution in [0.25, 0.3) is 43.8 Å². The topological polar surface area (TPSA) is 0 Å². The van der Waals surface area contributed by atoms with Crippen molar-refractivity contribution in [2.24, 2.45) is 46.3 Å². The van der Waals surface area contributed by atoms with Gasteiger partial charge in [0.05, 0.1) is 0 Å². The van der Waals surface area contributed by atoms with Crippen LogP contribution in [0.4, 0.5) is 13.2 Å². The van der Waals surface area contributed by atoms with Gasteiger partial charge in [-0.25, -0.2) is 0 Å². The van der Waals surface area contributed by atoms with E-state index in [0.717, 1.165) is 48.3 Å². The van der Waals surface area contributed by atoms with Crippen LogP contribution < -0.4 is 0 Å². The SMILES string of the molecule is CC(C)(C)Cc1cc2c(-c3ccc(C45CC6CC(CC(C6)C4)C5)cc3)cccc2[cH-]1.CC(C)(C)Cc1cc2c(-c3ccc(C45CC6CC(CC(C6)C4)C5)cc3)cccc2[cH-]1.C[Si]CCC(F)(F)F.[Cl][Zr+2][Cl]. The monoisotopic (exact) mass is 1090 g/mol. The molecule has 14 rings (SSSR count). The molecule has 0 saturated heterocycles. The molecule has 0 heterocycles. The van der Waals surface area contributed by atoms with E-state index in [9.17, 15) is 13.2 Å². The minimum atomic E-state index is -3.94. The fourth-order valence-electron chi connectivity index (χ4n) is 15.7. The van der Waals surface area contributed by atoms with Crippen LogP contribution in [-0.2, 0) is 44.5 Å². The van der Waals surface area contributed by atoms with Crippen molar-refractivity contribution in [3.63, 3.8) is 0 Å². The van der Waals surface area contributed by atoms with Gasteiger partial charge in [0.1, 0.15) is 0 Å². The van der Waals surface area contributed by atoms with E-state index in [-0.39, 0.29) is 6.04 Å². The number of benzene rings is 4. The Balaban J connectivity index is 0.000000146. The average Bonchev–Trinajstić information content (AvgIpc) is 3.89. The van der Waals surface area contributed by atoms with E-state index < -0.39 is 33.4 Å². The first-order valence-corrected chi connectivity index (χ1v) is 35.0. The molecule has 71 heavy (non-hydrogen) atoms. The summed E-state index contributed by atoms with van der Waals surface area (Å²) in [5, 5.41) is 5.60. The number of rotatable bonds is 8. The Labute approximate surface area is 446 Å². The van der Waals surface area contributed by atoms with Crippen molar-refractivity contribution in [3.05, 3.63) is 131 Å². The van der Waals surface area contributed by atoms with Crippen molar-refractivity contribution in [1.29, 1.82) is 0 Å². The molecule has 8 fully saturated rings. The second-order valence-electron chi connectivity index (χ2n) is 25.9. The Bertz CT molecular complexity index is 2460. The van der Waals surface area contributed by atoms with Crippen molar-refractivity contribution in [3.8, 4) is 22.3 Å². The molecule has 0 aromatic heterocycles. The van der Waals surface area contributed by atoms with Crippen LogP contribution in [0.1, 0.15) is 147 Å². The molecule has 0 atom stereocenters. The van der Waals surface area contributed by atoms with Crippen LogP contribution in [0.15, 0.2) is 109 Å². The summed E-state index contributed by atoms with van der Waals surface area (Å²) in [6.45, 7) is 15.7. The van der Waals surface area contributed by atoms with Crippen molar-refractivity contribution >= 4 is 48.1 Å². The maximum atomic E-state index is 11.2. The zero-order valence-corrected chi connectivity index (χ0v) is 48.5. The van der Waals surface area contributed by atoms with E-state index >= 15 is 0 Å². The maximum absolute atomic E-state index is 11.2. The van der Waals surface area contributed by atoms with Gasteiger partial charge < -0.3 is 0 Å². The van der Waals surface area contributed by atoms with Gasteiger partial charge in [0.25, 0.3) is 0 Å². The molecular weight excluding hydrogens is 1020 g/mol. The summed E-state index contributed by atoms with van der Waals surface area (Å²) in [7, 11) is 10.3. The molecule has 0 unspecified atom stereocenters. The van der Waals surface area contributed by atoms with E-state index in [1.54, 1.807) is 17.7 Å². The molecule has 2 radical (unpaired) electrons. The number of alkyl halides is 3. The first-order valence-electron chi connectivity index (χ1n) is 27.0. The molecule has 0 spiro atoms. The predicted octanol–water partition coefficient (Wildman–Crippen LogP) is 20.1. The van der Waals surface area contributed by atoms with Gasteiger partial charge >= 0.3 is 44.1 Å². The van der Waals surface area contributed by atoms with Crippen molar-refractivity contribution in [2.75, 3.05) is 0 Å². The van der Waals surface area contributed by atoms with Gasteiger partial charge in [0, 0.05) is 15.9 Å². The van der Waals surface area contributed by atoms with Crippen LogP contribution in [0.3, 0.4) is 0 Å². The van der Waals surface area contributed by atoms with Crippen molar-refractivity contribution < 1.29 is 34.0 Å². The Morgan fingerprint density at radius 1 is 0.535 bits per heavy atom. The summed E-state index contributed by atoms with van der Waals surface area (Å²) in [5.74, 6) is 6.06. The van der Waals surface area contributed by atoms with Crippen LogP contribution >= 0.6 is 17.0 Å². The standard InChI is InChI=1S/2C30H35.C4H7F3Si.2ClH.Zr/c2*1-29(2,3)16-23-14-25-5-4-6-27(28(25)15-23)24-7-9-26(10-8-24)30-17-20-11-21(18-30)13-22(12-20)19-30;1-8-3-2-4(5,6)7;;;/h2*4-10,14-15,20-22H,11-13,16-19H2,1-3H3;2-3H2,1H3;2*1H;/q2*-1;;;;+4/p-2. The molecule has 6 aromatic rings. The van der Waals surface area contributed by atoms with Crippen molar-refractivity contribution in [2.45, 2.75) is 167 Å². The fourth-order valence-corrected chi connectivity index (χ4v) is 16.3. The summed E-state index contributed by atoms with van der Waals surface area (Å²) < 4.78 is 33.7. The van der Waals surface area contributed by atoms with Gasteiger partial charge in [-0.1, -0.05) is 126 Å². The van der Waals surface area contributed by atoms with E-state index in [2.05, 4.69) is 151 Å². The molecule has 8 bridgehead atoms. The molecular formula is C64H77Cl2F3SiZr. The van der Waals surface area contributed by atoms with Crippen LogP contribution in [0.5, 0.6) is 0 Å². The molecule has 8 aliphatic rings. The predicted molar refractivity (Wildman–Crippen MR) is 295 cm³/mol. The third-order valence-electron chi connectivity index (χ3n) is 17.4. The van der Waals surface area contributed by atoms with Gasteiger partial charge in [0.15, 0.2) is 0 Å². The zero-order valence-electron chi connectivity index (χ0n) is 43.6. The van der Waals surface area contributed by atoms with Gasteiger partial charge in [-0.05, 0) is 169 Å². The summed E-state index contributed by atoms with van der Waals surface area (Å²) in [5.41, 5.74) is 13.4. The summed E-state index contributed by atoms with van der Waals surface area (Å²) in [6.07, 6.45) is 15.5. The third kappa shape index (κ3) is 12.8. The van der Waals surface area contributed by atoms with Crippen molar-refractivity contribution in [1.82, 2.24) is 0 Å². The normalized spacial score (nSPS) is 27.1. The zero-order chi connectivity index (χ0) is 50.3. The quantitative estimate of drug-likeness (QED) is 0.105. The number of hydrogen-bond acceptors (Lipinski definition) is 0. The average molecular weight is 1090 g/mol. The first kappa shape index (κ1) is 53.4. The van der Waals surface area contributed by atoms with Crippen LogP contribution in [0, 0.1) is 46.3 Å². The van der Waals surface area contributed by atoms with Gasteiger partial charge in [-0.3, -0.25) is 0 Å². The number of halogens is 5. The summed E-state index contributed by atoms with van der Waals surface area (Å²) in [6, 6.07) is 43.2. The Kier molecular flexibility index (Phi) is 16.3. The molecule has 6 aromatic carbocycles. The minimum absolute atomic E-state index is 0.281. The molecule has 7 heteroatoms. The Morgan fingerprint density at radius 3 is 1.13 bits per heavy atom. The molecule has 376 valence electrons. The Hall–Kier alpha value is -2.43. The second-order valence-corrected chi connectivity index (χ2v) is 30.8. The summed E-state index contributed by atoms with van der Waals surface area (Å²) >= 11 is -0.826. The van der Waals surface area contributed by atoms with Gasteiger partial charge in [0.2, 0.25) is 0 Å². The van der Waals surface area contributed by atoms with Crippen LogP contribution in [-0.4, -0.2) is 15.7 Å². The number of hydrogen-bond donors (Lipinski definition) is 0. The van der Waals surface area contributed by atoms with Gasteiger partial charge in [-0.15, -0.1) is 69.1 Å². The number of fused-ring (bicyclic) bond motifs is 2. The fraction of sp³-hybridized carbons (Fsp3) is 0.531. The molecule has 8 saturated carbocycles. The first-order chi connectivity index (χ1) is 33.7. The van der Waals surface area contributed by atoms with Crippen LogP contribution in [0.2, 0.25) is 12.6 Å². The van der Waals surface area contributed by atoms with E-state index in [0.29, 0.717) is 31.2 Å².